The second-order valence-corrected chi connectivity index (χ2v) is 11.6. The molecular formula is C30H29N3O2S. The minimum absolute atomic E-state index is 0.0628. The van der Waals surface area contributed by atoms with Crippen molar-refractivity contribution in [3.05, 3.63) is 83.5 Å². The van der Waals surface area contributed by atoms with Gasteiger partial charge in [-0.15, -0.1) is 5.10 Å². The number of nitrogens with zero attached hydrogens (tertiary/aromatic N) is 3. The van der Waals surface area contributed by atoms with Crippen LogP contribution in [0.25, 0.3) is 17.4 Å². The van der Waals surface area contributed by atoms with Crippen molar-refractivity contribution in [3.63, 3.8) is 0 Å². The molecule has 6 heteroatoms. The monoisotopic (exact) mass is 495 g/mol. The van der Waals surface area contributed by atoms with Gasteiger partial charge in [-0.1, -0.05) is 69.3 Å². The van der Waals surface area contributed by atoms with E-state index in [1.165, 1.54) is 18.2 Å². The number of fused-ring (bicyclic) bond motifs is 2. The molecule has 2 aliphatic carbocycles. The summed E-state index contributed by atoms with van der Waals surface area (Å²) in [6.45, 7) is 7.05. The Morgan fingerprint density at radius 2 is 1.69 bits per heavy atom. The van der Waals surface area contributed by atoms with Crippen molar-refractivity contribution in [1.29, 1.82) is 0 Å². The van der Waals surface area contributed by atoms with E-state index >= 15 is 0 Å². The van der Waals surface area contributed by atoms with Gasteiger partial charge >= 0.3 is 0 Å². The van der Waals surface area contributed by atoms with Gasteiger partial charge in [0.2, 0.25) is 5.17 Å². The molecule has 2 atom stereocenters. The Morgan fingerprint density at radius 3 is 2.36 bits per heavy atom. The molecule has 0 N–H and O–H groups in total. The highest BCUT2D eigenvalue weighted by molar-refractivity contribution is 8.19. The molecule has 36 heavy (non-hydrogen) atoms. The molecule has 2 saturated carbocycles. The van der Waals surface area contributed by atoms with Crippen LogP contribution in [-0.4, -0.2) is 16.8 Å². The Morgan fingerprint density at radius 1 is 0.972 bits per heavy atom. The Balaban J connectivity index is 1.35. The van der Waals surface area contributed by atoms with E-state index in [0.717, 1.165) is 35.6 Å². The zero-order chi connectivity index (χ0) is 24.9. The molecule has 1 amide bonds. The number of para-hydroxylation sites is 1. The maximum Gasteiger partial charge on any atom is 0.271 e. The van der Waals surface area contributed by atoms with Crippen molar-refractivity contribution in [2.45, 2.75) is 40.0 Å². The number of anilines is 1. The largest absolute Gasteiger partial charge is 0.457 e. The van der Waals surface area contributed by atoms with Crippen molar-refractivity contribution >= 4 is 40.3 Å². The molecule has 5 nitrogen and oxygen atoms in total. The van der Waals surface area contributed by atoms with Gasteiger partial charge in [-0.3, -0.25) is 9.69 Å². The molecule has 3 aliphatic rings. The van der Waals surface area contributed by atoms with Crippen molar-refractivity contribution in [1.82, 2.24) is 0 Å². The zero-order valence-electron chi connectivity index (χ0n) is 20.8. The van der Waals surface area contributed by atoms with Gasteiger partial charge in [0.05, 0.1) is 10.6 Å². The van der Waals surface area contributed by atoms with E-state index in [9.17, 15) is 4.79 Å². The van der Waals surface area contributed by atoms with Crippen LogP contribution in [0.3, 0.4) is 0 Å². The van der Waals surface area contributed by atoms with Crippen molar-refractivity contribution < 1.29 is 9.21 Å². The van der Waals surface area contributed by atoms with Gasteiger partial charge in [-0.25, -0.2) is 0 Å². The highest BCUT2D eigenvalue weighted by Crippen LogP contribution is 2.64. The molecular weight excluding hydrogens is 466 g/mol. The number of amides is 1. The van der Waals surface area contributed by atoms with E-state index in [4.69, 9.17) is 9.52 Å². The Hall–Kier alpha value is -3.38. The summed E-state index contributed by atoms with van der Waals surface area (Å²) in [7, 11) is 0. The molecule has 1 aromatic heterocycles. The van der Waals surface area contributed by atoms with Crippen molar-refractivity contribution in [2.75, 3.05) is 4.90 Å². The van der Waals surface area contributed by atoms with Crippen LogP contribution in [0.5, 0.6) is 0 Å². The fourth-order valence-corrected chi connectivity index (χ4v) is 6.76. The molecule has 182 valence electrons. The number of benzene rings is 2. The summed E-state index contributed by atoms with van der Waals surface area (Å²) < 4.78 is 6.04. The van der Waals surface area contributed by atoms with Crippen LogP contribution >= 0.6 is 11.8 Å². The normalized spacial score (nSPS) is 28.2. The number of thioether (sulfide) groups is 1. The molecule has 2 aromatic carbocycles. The lowest BCUT2D eigenvalue weighted by atomic mass is 9.70. The Bertz CT molecular complexity index is 1400. The van der Waals surface area contributed by atoms with Gasteiger partial charge < -0.3 is 4.42 Å². The summed E-state index contributed by atoms with van der Waals surface area (Å²) in [5.41, 5.74) is 3.23. The third-order valence-corrected chi connectivity index (χ3v) is 9.51. The number of rotatable bonds is 4. The quantitative estimate of drug-likeness (QED) is 0.276. The number of furan rings is 1. The first kappa shape index (κ1) is 23.0. The first-order valence-corrected chi connectivity index (χ1v) is 13.3. The SMILES string of the molecule is CC12CCC(CC1=NN=C1SC(=Cc3ccc(-c4ccccc4)o3)C(=O)N1c1ccccc1)C2(C)C. The molecule has 3 aromatic rings. The van der Waals surface area contributed by atoms with Crippen LogP contribution in [0, 0.1) is 16.7 Å². The van der Waals surface area contributed by atoms with Gasteiger partial charge in [0.1, 0.15) is 11.5 Å². The van der Waals surface area contributed by atoms with Crippen LogP contribution in [0.1, 0.15) is 45.8 Å². The summed E-state index contributed by atoms with van der Waals surface area (Å²) in [4.78, 5) is 15.8. The van der Waals surface area contributed by atoms with Crippen LogP contribution in [-0.2, 0) is 4.79 Å². The summed E-state index contributed by atoms with van der Waals surface area (Å²) in [6.07, 6.45) is 5.19. The summed E-state index contributed by atoms with van der Waals surface area (Å²) in [6, 6.07) is 23.4. The maximum atomic E-state index is 13.6. The number of hydrogen-bond acceptors (Lipinski definition) is 5. The average Bonchev–Trinajstić information content (AvgIpc) is 3.58. The molecule has 3 fully saturated rings. The third-order valence-electron chi connectivity index (χ3n) is 8.55. The van der Waals surface area contributed by atoms with Gasteiger partial charge in [0.25, 0.3) is 5.91 Å². The standard InChI is InChI=1S/C30H29N3O2S/c1-29(2)21-16-17-30(29,3)26(18-21)31-32-28-33(22-12-8-5-9-13-22)27(34)25(36-28)19-23-14-15-24(35-23)20-10-6-4-7-11-20/h4-15,19,21H,16-18H2,1-3H3. The molecule has 1 aliphatic heterocycles. The Labute approximate surface area is 216 Å². The second kappa shape index (κ2) is 8.63. The number of carbonyl (C=O) groups excluding carboxylic acids is 1. The van der Waals surface area contributed by atoms with Crippen molar-refractivity contribution in [2.24, 2.45) is 27.0 Å². The molecule has 0 spiro atoms. The first-order valence-electron chi connectivity index (χ1n) is 12.5. The summed E-state index contributed by atoms with van der Waals surface area (Å²) >= 11 is 1.34. The maximum absolute atomic E-state index is 13.6. The van der Waals surface area contributed by atoms with Crippen LogP contribution in [0.2, 0.25) is 0 Å². The van der Waals surface area contributed by atoms with Gasteiger partial charge in [-0.05, 0) is 66.6 Å². The third kappa shape index (κ3) is 3.66. The molecule has 0 radical (unpaired) electrons. The first-order chi connectivity index (χ1) is 17.4. The fourth-order valence-electron chi connectivity index (χ4n) is 5.85. The van der Waals surface area contributed by atoms with E-state index in [1.54, 1.807) is 11.0 Å². The highest BCUT2D eigenvalue weighted by atomic mass is 32.2. The topological polar surface area (TPSA) is 58.2 Å². The predicted octanol–water partition coefficient (Wildman–Crippen LogP) is 7.63. The molecule has 6 rings (SSSR count). The van der Waals surface area contributed by atoms with E-state index in [1.807, 2.05) is 72.8 Å². The van der Waals surface area contributed by atoms with E-state index in [0.29, 0.717) is 21.8 Å². The Kier molecular flexibility index (Phi) is 5.52. The van der Waals surface area contributed by atoms with Crippen LogP contribution < -0.4 is 4.90 Å². The van der Waals surface area contributed by atoms with Crippen molar-refractivity contribution in [3.8, 4) is 11.3 Å². The second-order valence-electron chi connectivity index (χ2n) is 10.6. The lowest BCUT2D eigenvalue weighted by Gasteiger charge is -2.34. The van der Waals surface area contributed by atoms with E-state index < -0.39 is 0 Å². The lowest BCUT2D eigenvalue weighted by Crippen LogP contribution is -2.32. The average molecular weight is 496 g/mol. The number of amidine groups is 1. The van der Waals surface area contributed by atoms with Crippen LogP contribution in [0.15, 0.2) is 92.3 Å². The predicted molar refractivity (Wildman–Crippen MR) is 148 cm³/mol. The summed E-state index contributed by atoms with van der Waals surface area (Å²) in [5.74, 6) is 1.93. The lowest BCUT2D eigenvalue weighted by molar-refractivity contribution is -0.113. The smallest absolute Gasteiger partial charge is 0.271 e. The van der Waals surface area contributed by atoms with E-state index in [-0.39, 0.29) is 16.7 Å². The minimum Gasteiger partial charge on any atom is -0.457 e. The molecule has 1 saturated heterocycles. The van der Waals surface area contributed by atoms with Gasteiger partial charge in [0.15, 0.2) is 0 Å². The van der Waals surface area contributed by atoms with E-state index in [2.05, 4.69) is 25.9 Å². The molecule has 2 bridgehead atoms. The molecule has 2 unspecified atom stereocenters. The minimum atomic E-state index is -0.123. The van der Waals surface area contributed by atoms with Crippen LogP contribution in [0.4, 0.5) is 5.69 Å². The number of carbonyl (C=O) groups is 1. The molecule has 2 heterocycles. The fraction of sp³-hybridized carbons (Fsp3) is 0.300. The van der Waals surface area contributed by atoms with Gasteiger partial charge in [0, 0.05) is 22.8 Å². The summed E-state index contributed by atoms with van der Waals surface area (Å²) in [5, 5.41) is 10.1. The number of hydrogen-bond donors (Lipinski definition) is 0. The van der Waals surface area contributed by atoms with Gasteiger partial charge in [-0.2, -0.15) is 5.10 Å². The zero-order valence-corrected chi connectivity index (χ0v) is 21.6. The highest BCUT2D eigenvalue weighted by Gasteiger charge is 2.60.